The molecule has 0 fully saturated rings. The van der Waals surface area contributed by atoms with Crippen molar-refractivity contribution in [3.63, 3.8) is 0 Å². The maximum atomic E-state index is 10.5. The van der Waals surface area contributed by atoms with Gasteiger partial charge in [-0.15, -0.1) is 0 Å². The fourth-order valence-corrected chi connectivity index (χ4v) is 1.74. The van der Waals surface area contributed by atoms with E-state index in [1.807, 2.05) is 0 Å². The number of carboxylic acids is 1. The predicted octanol–water partition coefficient (Wildman–Crippen LogP) is 2.99. The van der Waals surface area contributed by atoms with Crippen LogP contribution in [0.3, 0.4) is 0 Å². The molecule has 0 radical (unpaired) electrons. The molecule has 0 amide bonds. The number of hydrogen-bond acceptors (Lipinski definition) is 3. The van der Waals surface area contributed by atoms with Crippen molar-refractivity contribution in [2.75, 3.05) is 0 Å². The van der Waals surface area contributed by atoms with Crippen molar-refractivity contribution in [2.24, 2.45) is 0 Å². The maximum Gasteiger partial charge on any atom is 0.335 e. The van der Waals surface area contributed by atoms with Crippen molar-refractivity contribution in [1.29, 1.82) is 0 Å². The number of carboxylic acid groups (broad SMARTS) is 1. The van der Waals surface area contributed by atoms with Gasteiger partial charge in [-0.25, -0.2) is 4.79 Å². The van der Waals surface area contributed by atoms with Crippen molar-refractivity contribution in [3.05, 3.63) is 22.7 Å². The number of aromatic carboxylic acids is 1. The van der Waals surface area contributed by atoms with Crippen LogP contribution in [0.4, 0.5) is 0 Å². The molecule has 3 nitrogen and oxygen atoms in total. The van der Waals surface area contributed by atoms with Gasteiger partial charge < -0.3 is 10.2 Å². The molecule has 0 atom stereocenters. The summed E-state index contributed by atoms with van der Waals surface area (Å²) in [6.07, 6.45) is 0. The van der Waals surface area contributed by atoms with Crippen LogP contribution in [-0.2, 0) is 0 Å². The van der Waals surface area contributed by atoms with E-state index in [0.29, 0.717) is 11.0 Å². The Hall–Kier alpha value is -0.580. The molecule has 0 saturated carbocycles. The molecule has 0 saturated heterocycles. The lowest BCUT2D eigenvalue weighted by Crippen LogP contribution is -1.96. The smallest absolute Gasteiger partial charge is 0.335 e. The summed E-state index contributed by atoms with van der Waals surface area (Å²) in [6.45, 7) is 0. The first-order valence-electron chi connectivity index (χ1n) is 3.10. The number of phenolic OH excluding ortho intramolecular Hbond substituents is 1. The molecule has 0 aliphatic heterocycles. The second-order valence-corrected chi connectivity index (χ2v) is 3.65. The highest BCUT2D eigenvalue weighted by molar-refractivity contribution is 8.21. The maximum absolute atomic E-state index is 10.5. The summed E-state index contributed by atoms with van der Waals surface area (Å²) in [6, 6.07) is 2.41. The molecule has 0 unspecified atom stereocenters. The summed E-state index contributed by atoms with van der Waals surface area (Å²) in [5.74, 6) is -1.32. The molecule has 1 rings (SSSR count). The molecule has 0 heterocycles. The van der Waals surface area contributed by atoms with E-state index in [-0.39, 0.29) is 21.2 Å². The van der Waals surface area contributed by atoms with Crippen LogP contribution >= 0.6 is 33.3 Å². The molecule has 2 N–H and O–H groups in total. The Morgan fingerprint density at radius 2 is 2.08 bits per heavy atom. The fourth-order valence-electron chi connectivity index (χ4n) is 0.756. The number of halogens is 2. The zero-order valence-electron chi connectivity index (χ0n) is 6.12. The van der Waals surface area contributed by atoms with Crippen molar-refractivity contribution >= 4 is 39.2 Å². The Bertz CT molecular complexity index is 354. The van der Waals surface area contributed by atoms with Gasteiger partial charge in [0.1, 0.15) is 5.75 Å². The Morgan fingerprint density at radius 3 is 2.54 bits per heavy atom. The first-order chi connectivity index (χ1) is 6.06. The molecular weight excluding hydrogens is 235 g/mol. The van der Waals surface area contributed by atoms with Gasteiger partial charge in [0.25, 0.3) is 0 Å². The Labute approximate surface area is 87.8 Å². The lowest BCUT2D eigenvalue weighted by Gasteiger charge is -2.03. The predicted molar refractivity (Wildman–Crippen MR) is 51.8 cm³/mol. The molecular formula is C7H4Cl2O3S. The largest absolute Gasteiger partial charge is 0.505 e. The van der Waals surface area contributed by atoms with E-state index >= 15 is 0 Å². The first kappa shape index (κ1) is 10.5. The quantitative estimate of drug-likeness (QED) is 0.832. The monoisotopic (exact) mass is 238 g/mol. The van der Waals surface area contributed by atoms with Crippen molar-refractivity contribution in [1.82, 2.24) is 0 Å². The molecule has 70 valence electrons. The summed E-state index contributed by atoms with van der Waals surface area (Å²) < 4.78 is 0. The number of hydrogen-bond donors (Lipinski definition) is 2. The standard InChI is InChI=1S/C7H4Cl2O3S/c8-4-1-3(7(11)12)2-5(13-9)6(4)10/h1-2,10H,(H,11,12). The lowest BCUT2D eigenvalue weighted by atomic mass is 10.2. The average Bonchev–Trinajstić information content (AvgIpc) is 2.09. The molecule has 1 aromatic carbocycles. The second kappa shape index (κ2) is 4.09. The number of aromatic hydroxyl groups is 1. The van der Waals surface area contributed by atoms with Crippen LogP contribution in [0.5, 0.6) is 5.75 Å². The third-order valence-electron chi connectivity index (χ3n) is 1.36. The van der Waals surface area contributed by atoms with Gasteiger partial charge in [-0.05, 0) is 33.8 Å². The zero-order valence-corrected chi connectivity index (χ0v) is 8.45. The highest BCUT2D eigenvalue weighted by Gasteiger charge is 2.12. The minimum atomic E-state index is -1.12. The number of benzene rings is 1. The Morgan fingerprint density at radius 1 is 1.46 bits per heavy atom. The Kier molecular flexibility index (Phi) is 3.30. The van der Waals surface area contributed by atoms with E-state index in [1.165, 1.54) is 6.07 Å². The van der Waals surface area contributed by atoms with Crippen LogP contribution < -0.4 is 0 Å². The summed E-state index contributed by atoms with van der Waals surface area (Å²) in [5, 5.41) is 17.9. The van der Waals surface area contributed by atoms with Gasteiger partial charge in [0, 0.05) is 0 Å². The molecule has 13 heavy (non-hydrogen) atoms. The highest BCUT2D eigenvalue weighted by Crippen LogP contribution is 2.37. The van der Waals surface area contributed by atoms with Crippen LogP contribution in [-0.4, -0.2) is 16.2 Å². The van der Waals surface area contributed by atoms with Crippen LogP contribution in [0.1, 0.15) is 10.4 Å². The van der Waals surface area contributed by atoms with Gasteiger partial charge in [-0.2, -0.15) is 0 Å². The SMILES string of the molecule is O=C(O)c1cc(Cl)c(O)c(SCl)c1. The van der Waals surface area contributed by atoms with Gasteiger partial charge in [-0.3, -0.25) is 0 Å². The summed E-state index contributed by atoms with van der Waals surface area (Å²) in [4.78, 5) is 10.8. The summed E-state index contributed by atoms with van der Waals surface area (Å²) in [5.41, 5.74) is -0.00838. The molecule has 0 aromatic heterocycles. The minimum Gasteiger partial charge on any atom is -0.505 e. The number of rotatable bonds is 2. The van der Waals surface area contributed by atoms with E-state index in [4.69, 9.17) is 27.4 Å². The molecule has 0 aliphatic rings. The van der Waals surface area contributed by atoms with Gasteiger partial charge in [0.2, 0.25) is 0 Å². The first-order valence-corrected chi connectivity index (χ1v) is 5.12. The van der Waals surface area contributed by atoms with Crippen molar-refractivity contribution in [3.8, 4) is 5.75 Å². The van der Waals surface area contributed by atoms with Crippen LogP contribution in [0.15, 0.2) is 17.0 Å². The highest BCUT2D eigenvalue weighted by atomic mass is 35.7. The Balaban J connectivity index is 3.30. The van der Waals surface area contributed by atoms with E-state index in [0.717, 1.165) is 6.07 Å². The fraction of sp³-hybridized carbons (Fsp3) is 0. The molecule has 0 spiro atoms. The normalized spacial score (nSPS) is 10.0. The van der Waals surface area contributed by atoms with E-state index in [9.17, 15) is 9.90 Å². The minimum absolute atomic E-state index is 0.00838. The molecule has 6 heteroatoms. The second-order valence-electron chi connectivity index (χ2n) is 2.19. The van der Waals surface area contributed by atoms with Gasteiger partial charge in [0.15, 0.2) is 0 Å². The van der Waals surface area contributed by atoms with E-state index < -0.39 is 5.97 Å². The van der Waals surface area contributed by atoms with Crippen LogP contribution in [0.2, 0.25) is 5.02 Å². The lowest BCUT2D eigenvalue weighted by molar-refractivity contribution is 0.0696. The number of carbonyl (C=O) groups is 1. The van der Waals surface area contributed by atoms with E-state index in [2.05, 4.69) is 0 Å². The average molecular weight is 239 g/mol. The molecule has 0 bridgehead atoms. The van der Waals surface area contributed by atoms with Crippen LogP contribution in [0, 0.1) is 0 Å². The van der Waals surface area contributed by atoms with E-state index in [1.54, 1.807) is 0 Å². The molecule has 0 aliphatic carbocycles. The van der Waals surface area contributed by atoms with Crippen molar-refractivity contribution in [2.45, 2.75) is 4.90 Å². The summed E-state index contributed by atoms with van der Waals surface area (Å²) >= 11 is 5.56. The van der Waals surface area contributed by atoms with Gasteiger partial charge in [0.05, 0.1) is 15.5 Å². The van der Waals surface area contributed by atoms with Gasteiger partial charge >= 0.3 is 5.97 Å². The zero-order chi connectivity index (χ0) is 10.0. The number of phenols is 1. The van der Waals surface area contributed by atoms with Gasteiger partial charge in [-0.1, -0.05) is 11.6 Å². The third-order valence-corrected chi connectivity index (χ3v) is 2.62. The third kappa shape index (κ3) is 2.21. The molecule has 1 aromatic rings. The van der Waals surface area contributed by atoms with Crippen LogP contribution in [0.25, 0.3) is 0 Å². The topological polar surface area (TPSA) is 57.5 Å². The summed E-state index contributed by atoms with van der Waals surface area (Å²) in [7, 11) is 6.10. The van der Waals surface area contributed by atoms with Crippen molar-refractivity contribution < 1.29 is 15.0 Å².